The number of sulfone groups is 1. The molecule has 1 aliphatic heterocycles. The molecule has 0 aromatic carbocycles. The predicted octanol–water partition coefficient (Wildman–Crippen LogP) is -0.334. The Labute approximate surface area is 116 Å². The Balaban J connectivity index is 1.99. The molecule has 1 atom stereocenters. The number of carbonyl (C=O) groups is 2. The van der Waals surface area contributed by atoms with E-state index in [2.05, 4.69) is 10.3 Å². The number of aromatic nitrogens is 1. The molecule has 1 aromatic rings. The quantitative estimate of drug-likeness (QED) is 0.754. The van der Waals surface area contributed by atoms with Crippen LogP contribution in [-0.2, 0) is 19.4 Å². The minimum Gasteiger partial charge on any atom is -0.333 e. The summed E-state index contributed by atoms with van der Waals surface area (Å²) >= 11 is 0. The fourth-order valence-corrected chi connectivity index (χ4v) is 3.79. The van der Waals surface area contributed by atoms with Crippen LogP contribution in [0, 0.1) is 0 Å². The average Bonchev–Trinajstić information content (AvgIpc) is 2.78. The van der Waals surface area contributed by atoms with E-state index >= 15 is 0 Å². The number of nitrogens with one attached hydrogen (secondary N) is 1. The van der Waals surface area contributed by atoms with Gasteiger partial charge in [0.25, 0.3) is 0 Å². The molecule has 0 radical (unpaired) electrons. The summed E-state index contributed by atoms with van der Waals surface area (Å²) in [5.74, 6) is -1.35. The minimum absolute atomic E-state index is 0.0527. The van der Waals surface area contributed by atoms with Crippen molar-refractivity contribution in [1.82, 2.24) is 9.88 Å². The maximum absolute atomic E-state index is 11.9. The molecule has 1 aromatic heterocycles. The van der Waals surface area contributed by atoms with Crippen LogP contribution in [0.15, 0.2) is 24.4 Å². The van der Waals surface area contributed by atoms with Crippen molar-refractivity contribution in [3.05, 3.63) is 24.4 Å². The number of rotatable bonds is 2. The fourth-order valence-electron chi connectivity index (χ4n) is 2.01. The molecule has 0 bridgehead atoms. The summed E-state index contributed by atoms with van der Waals surface area (Å²) in [6, 6.07) is 4.49. The molecule has 8 heteroatoms. The Morgan fingerprint density at radius 2 is 2.15 bits per heavy atom. The summed E-state index contributed by atoms with van der Waals surface area (Å²) in [6.45, 7) is 0. The largest absolute Gasteiger partial charge is 0.333 e. The van der Waals surface area contributed by atoms with Gasteiger partial charge in [-0.2, -0.15) is 0 Å². The molecule has 1 N–H and O–H groups in total. The van der Waals surface area contributed by atoms with Gasteiger partial charge in [-0.25, -0.2) is 13.4 Å². The monoisotopic (exact) mass is 297 g/mol. The van der Waals surface area contributed by atoms with Gasteiger partial charge in [0.1, 0.15) is 5.82 Å². The number of amides is 2. The van der Waals surface area contributed by atoms with Gasteiger partial charge in [-0.1, -0.05) is 6.07 Å². The van der Waals surface area contributed by atoms with Crippen LogP contribution in [0.4, 0.5) is 5.82 Å². The summed E-state index contributed by atoms with van der Waals surface area (Å²) in [5.41, 5.74) is 0. The molecule has 1 fully saturated rings. The highest BCUT2D eigenvalue weighted by Gasteiger charge is 2.34. The average molecular weight is 297 g/mol. The lowest BCUT2D eigenvalue weighted by Gasteiger charge is -2.22. The molecule has 7 nitrogen and oxygen atoms in total. The molecular formula is C12H15N3O4S. The topological polar surface area (TPSA) is 96.4 Å². The third-order valence-corrected chi connectivity index (χ3v) is 4.93. The van der Waals surface area contributed by atoms with Crippen molar-refractivity contribution in [1.29, 1.82) is 0 Å². The number of hydrogen-bond donors (Lipinski definition) is 1. The number of pyridine rings is 1. The van der Waals surface area contributed by atoms with Crippen molar-refractivity contribution in [3.8, 4) is 0 Å². The molecule has 2 rings (SSSR count). The molecular weight excluding hydrogens is 282 g/mol. The first kappa shape index (κ1) is 14.4. The molecule has 20 heavy (non-hydrogen) atoms. The van der Waals surface area contributed by atoms with E-state index in [-0.39, 0.29) is 17.3 Å². The van der Waals surface area contributed by atoms with Gasteiger partial charge in [0.15, 0.2) is 9.84 Å². The van der Waals surface area contributed by atoms with Crippen LogP contribution in [0.5, 0.6) is 0 Å². The van der Waals surface area contributed by atoms with Crippen molar-refractivity contribution < 1.29 is 18.0 Å². The summed E-state index contributed by atoms with van der Waals surface area (Å²) < 4.78 is 22.8. The first-order chi connectivity index (χ1) is 9.39. The van der Waals surface area contributed by atoms with Crippen molar-refractivity contribution in [2.24, 2.45) is 0 Å². The van der Waals surface area contributed by atoms with Crippen LogP contribution in [-0.4, -0.2) is 54.7 Å². The lowest BCUT2D eigenvalue weighted by atomic mass is 10.2. The SMILES string of the molecule is CN(C(=O)C(=O)Nc1ccccn1)C1CCS(=O)(=O)C1. The first-order valence-electron chi connectivity index (χ1n) is 6.08. The molecule has 0 aliphatic carbocycles. The van der Waals surface area contributed by atoms with Crippen LogP contribution in [0.2, 0.25) is 0 Å². The molecule has 1 aliphatic rings. The second-order valence-electron chi connectivity index (χ2n) is 4.64. The van der Waals surface area contributed by atoms with Crippen LogP contribution in [0.1, 0.15) is 6.42 Å². The minimum atomic E-state index is -3.10. The van der Waals surface area contributed by atoms with Crippen LogP contribution < -0.4 is 5.32 Å². The Kier molecular flexibility index (Phi) is 4.03. The molecule has 0 saturated carbocycles. The van der Waals surface area contributed by atoms with Gasteiger partial charge >= 0.3 is 11.8 Å². The van der Waals surface area contributed by atoms with Crippen molar-refractivity contribution in [3.63, 3.8) is 0 Å². The smallest absolute Gasteiger partial charge is 0.315 e. The number of nitrogens with zero attached hydrogens (tertiary/aromatic N) is 2. The molecule has 0 spiro atoms. The van der Waals surface area contributed by atoms with E-state index in [1.165, 1.54) is 18.1 Å². The Hall–Kier alpha value is -1.96. The van der Waals surface area contributed by atoms with Crippen molar-refractivity contribution >= 4 is 27.5 Å². The van der Waals surface area contributed by atoms with Gasteiger partial charge in [0.2, 0.25) is 0 Å². The number of anilines is 1. The van der Waals surface area contributed by atoms with E-state index in [9.17, 15) is 18.0 Å². The number of likely N-dealkylation sites (N-methyl/N-ethyl adjacent to an activating group) is 1. The molecule has 1 unspecified atom stereocenters. The summed E-state index contributed by atoms with van der Waals surface area (Å²) in [4.78, 5) is 28.8. The third-order valence-electron chi connectivity index (χ3n) is 3.18. The highest BCUT2D eigenvalue weighted by atomic mass is 32.2. The zero-order valence-electron chi connectivity index (χ0n) is 10.9. The third kappa shape index (κ3) is 3.32. The highest BCUT2D eigenvalue weighted by molar-refractivity contribution is 7.91. The summed E-state index contributed by atoms with van der Waals surface area (Å²) in [6.07, 6.45) is 1.86. The van der Waals surface area contributed by atoms with Gasteiger partial charge in [0.05, 0.1) is 11.5 Å². The molecule has 1 saturated heterocycles. The normalized spacial score (nSPS) is 20.4. The first-order valence-corrected chi connectivity index (χ1v) is 7.91. The van der Waals surface area contributed by atoms with Gasteiger partial charge in [0, 0.05) is 19.3 Å². The number of hydrogen-bond acceptors (Lipinski definition) is 5. The van der Waals surface area contributed by atoms with Crippen molar-refractivity contribution in [2.45, 2.75) is 12.5 Å². The standard InChI is InChI=1S/C12H15N3O4S/c1-15(9-5-7-20(18,19)8-9)12(17)11(16)14-10-4-2-3-6-13-10/h2-4,6,9H,5,7-8H2,1H3,(H,13,14,16). The van der Waals surface area contributed by atoms with Crippen LogP contribution in [0.25, 0.3) is 0 Å². The highest BCUT2D eigenvalue weighted by Crippen LogP contribution is 2.16. The van der Waals surface area contributed by atoms with Crippen LogP contribution in [0.3, 0.4) is 0 Å². The van der Waals surface area contributed by atoms with Crippen LogP contribution >= 0.6 is 0 Å². The number of carbonyl (C=O) groups excluding carboxylic acids is 2. The van der Waals surface area contributed by atoms with E-state index in [4.69, 9.17) is 0 Å². The molecule has 2 heterocycles. The summed E-state index contributed by atoms with van der Waals surface area (Å²) in [7, 11) is -1.66. The van der Waals surface area contributed by atoms with Gasteiger partial charge in [-0.15, -0.1) is 0 Å². The second-order valence-corrected chi connectivity index (χ2v) is 6.87. The predicted molar refractivity (Wildman–Crippen MR) is 72.7 cm³/mol. The Morgan fingerprint density at radius 3 is 2.70 bits per heavy atom. The Bertz CT molecular complexity index is 615. The zero-order valence-corrected chi connectivity index (χ0v) is 11.8. The maximum atomic E-state index is 11.9. The summed E-state index contributed by atoms with van der Waals surface area (Å²) in [5, 5.41) is 2.38. The van der Waals surface area contributed by atoms with E-state index in [0.29, 0.717) is 6.42 Å². The second kappa shape index (κ2) is 5.58. The molecule has 108 valence electrons. The van der Waals surface area contributed by atoms with E-state index in [1.807, 2.05) is 0 Å². The molecule has 2 amide bonds. The van der Waals surface area contributed by atoms with Gasteiger partial charge < -0.3 is 10.2 Å². The lowest BCUT2D eigenvalue weighted by Crippen LogP contribution is -2.44. The van der Waals surface area contributed by atoms with Gasteiger partial charge in [-0.3, -0.25) is 9.59 Å². The van der Waals surface area contributed by atoms with Gasteiger partial charge in [-0.05, 0) is 18.6 Å². The Morgan fingerprint density at radius 1 is 1.40 bits per heavy atom. The maximum Gasteiger partial charge on any atom is 0.315 e. The lowest BCUT2D eigenvalue weighted by molar-refractivity contribution is -0.143. The fraction of sp³-hybridized carbons (Fsp3) is 0.417. The van der Waals surface area contributed by atoms with E-state index < -0.39 is 27.7 Å². The van der Waals surface area contributed by atoms with E-state index in [0.717, 1.165) is 0 Å². The van der Waals surface area contributed by atoms with Crippen molar-refractivity contribution in [2.75, 3.05) is 23.9 Å². The zero-order chi connectivity index (χ0) is 14.8. The van der Waals surface area contributed by atoms with E-state index in [1.54, 1.807) is 18.2 Å².